The van der Waals surface area contributed by atoms with Crippen molar-refractivity contribution in [1.82, 2.24) is 9.88 Å². The van der Waals surface area contributed by atoms with Crippen LogP contribution in [0.25, 0.3) is 0 Å². The van der Waals surface area contributed by atoms with Gasteiger partial charge in [-0.15, -0.1) is 11.3 Å². The Bertz CT molecular complexity index is 712. The highest BCUT2D eigenvalue weighted by Crippen LogP contribution is 2.17. The maximum Gasteiger partial charge on any atom is 0.223 e. The lowest BCUT2D eigenvalue weighted by atomic mass is 10.1. The normalized spacial score (nSPS) is 14.7. The van der Waals surface area contributed by atoms with Crippen LogP contribution in [0.1, 0.15) is 22.5 Å². The molecule has 0 N–H and O–H groups in total. The quantitative estimate of drug-likeness (QED) is 0.605. The molecular formula is C17H18ClN3O2S. The molecule has 1 aliphatic heterocycles. The molecule has 1 aliphatic rings. The molecule has 0 spiro atoms. The first-order valence-electron chi connectivity index (χ1n) is 7.85. The smallest absolute Gasteiger partial charge is 0.223 e. The first-order chi connectivity index (χ1) is 11.6. The Kier molecular flexibility index (Phi) is 5.48. The number of hydrogen-bond donors (Lipinski definition) is 0. The molecule has 126 valence electrons. The van der Waals surface area contributed by atoms with Crippen molar-refractivity contribution in [1.29, 1.82) is 0 Å². The summed E-state index contributed by atoms with van der Waals surface area (Å²) < 4.78 is 0. The number of amides is 1. The van der Waals surface area contributed by atoms with Crippen LogP contribution in [0, 0.1) is 0 Å². The van der Waals surface area contributed by atoms with Crippen molar-refractivity contribution in [2.45, 2.75) is 12.8 Å². The molecule has 0 bridgehead atoms. The average molecular weight is 364 g/mol. The number of pyridine rings is 1. The Hall–Kier alpha value is -1.92. The number of halogens is 1. The molecular weight excluding hydrogens is 346 g/mol. The zero-order valence-electron chi connectivity index (χ0n) is 13.2. The second kappa shape index (κ2) is 7.77. The number of carbonyl (C=O) groups excluding carboxylic acids is 2. The average Bonchev–Trinajstić information content (AvgIpc) is 3.14. The Morgan fingerprint density at radius 1 is 1.08 bits per heavy atom. The molecule has 1 amide bonds. The Morgan fingerprint density at radius 2 is 1.88 bits per heavy atom. The van der Waals surface area contributed by atoms with Gasteiger partial charge in [0.2, 0.25) is 5.91 Å². The Balaban J connectivity index is 1.47. The molecule has 3 heterocycles. The zero-order valence-corrected chi connectivity index (χ0v) is 14.7. The van der Waals surface area contributed by atoms with E-state index in [0.29, 0.717) is 18.2 Å². The van der Waals surface area contributed by atoms with Crippen LogP contribution in [0.3, 0.4) is 0 Å². The van der Waals surface area contributed by atoms with Crippen molar-refractivity contribution >= 4 is 40.4 Å². The minimum absolute atomic E-state index is 0.0404. The number of ketones is 1. The van der Waals surface area contributed by atoms with E-state index in [4.69, 9.17) is 11.6 Å². The van der Waals surface area contributed by atoms with Crippen molar-refractivity contribution in [3.63, 3.8) is 0 Å². The second-order valence-electron chi connectivity index (χ2n) is 5.59. The summed E-state index contributed by atoms with van der Waals surface area (Å²) in [7, 11) is 0. The number of rotatable bonds is 5. The molecule has 0 atom stereocenters. The van der Waals surface area contributed by atoms with Crippen LogP contribution in [0.4, 0.5) is 5.82 Å². The van der Waals surface area contributed by atoms with Gasteiger partial charge >= 0.3 is 0 Å². The van der Waals surface area contributed by atoms with Gasteiger partial charge in [0.1, 0.15) is 11.0 Å². The molecule has 0 saturated carbocycles. The highest BCUT2D eigenvalue weighted by Gasteiger charge is 2.22. The van der Waals surface area contributed by atoms with Crippen LogP contribution in [-0.2, 0) is 4.79 Å². The van der Waals surface area contributed by atoms with Crippen LogP contribution in [0.5, 0.6) is 0 Å². The van der Waals surface area contributed by atoms with Crippen molar-refractivity contribution in [3.8, 4) is 0 Å². The highest BCUT2D eigenvalue weighted by molar-refractivity contribution is 7.12. The second-order valence-corrected chi connectivity index (χ2v) is 6.92. The molecule has 0 unspecified atom stereocenters. The van der Waals surface area contributed by atoms with Crippen LogP contribution in [-0.4, -0.2) is 47.8 Å². The van der Waals surface area contributed by atoms with Gasteiger partial charge in [-0.25, -0.2) is 4.98 Å². The monoisotopic (exact) mass is 363 g/mol. The summed E-state index contributed by atoms with van der Waals surface area (Å²) in [4.78, 5) is 33.2. The molecule has 7 heteroatoms. The van der Waals surface area contributed by atoms with Gasteiger partial charge in [0, 0.05) is 39.0 Å². The van der Waals surface area contributed by atoms with Crippen LogP contribution < -0.4 is 4.90 Å². The van der Waals surface area contributed by atoms with Gasteiger partial charge in [0.05, 0.1) is 4.88 Å². The summed E-state index contributed by atoms with van der Waals surface area (Å²) >= 11 is 7.34. The fraction of sp³-hybridized carbons (Fsp3) is 0.353. The third-order valence-corrected chi connectivity index (χ3v) is 5.14. The highest BCUT2D eigenvalue weighted by atomic mass is 35.5. The number of carbonyl (C=O) groups is 2. The van der Waals surface area contributed by atoms with E-state index in [2.05, 4.69) is 9.88 Å². The topological polar surface area (TPSA) is 53.5 Å². The van der Waals surface area contributed by atoms with Crippen molar-refractivity contribution in [2.75, 3.05) is 31.1 Å². The molecule has 0 aromatic carbocycles. The van der Waals surface area contributed by atoms with Crippen LogP contribution in [0.2, 0.25) is 5.15 Å². The van der Waals surface area contributed by atoms with Crippen molar-refractivity contribution in [3.05, 3.63) is 45.7 Å². The largest absolute Gasteiger partial charge is 0.353 e. The maximum absolute atomic E-state index is 12.3. The standard InChI is InChI=1S/C17H18ClN3O2S/c18-15-4-1-5-16(19-15)20-8-10-21(11-9-20)17(23)7-6-13(22)14-3-2-12-24-14/h1-5,12H,6-11H2. The van der Waals surface area contributed by atoms with Gasteiger partial charge in [0.15, 0.2) is 5.78 Å². The van der Waals surface area contributed by atoms with E-state index >= 15 is 0 Å². The van der Waals surface area contributed by atoms with Crippen molar-refractivity contribution < 1.29 is 9.59 Å². The predicted octanol–water partition coefficient (Wildman–Crippen LogP) is 3.11. The van der Waals surface area contributed by atoms with Crippen molar-refractivity contribution in [2.24, 2.45) is 0 Å². The molecule has 0 aliphatic carbocycles. The van der Waals surface area contributed by atoms with Gasteiger partial charge in [-0.2, -0.15) is 0 Å². The maximum atomic E-state index is 12.3. The minimum Gasteiger partial charge on any atom is -0.353 e. The molecule has 2 aromatic heterocycles. The van der Waals surface area contributed by atoms with E-state index in [1.807, 2.05) is 28.5 Å². The van der Waals surface area contributed by atoms with Gasteiger partial charge < -0.3 is 9.80 Å². The summed E-state index contributed by atoms with van der Waals surface area (Å²) in [5, 5.41) is 2.34. The number of piperazine rings is 1. The van der Waals surface area contributed by atoms with E-state index < -0.39 is 0 Å². The Labute approximate surface area is 149 Å². The summed E-state index contributed by atoms with van der Waals surface area (Å²) in [6, 6.07) is 9.19. The predicted molar refractivity (Wildman–Crippen MR) is 95.9 cm³/mol. The van der Waals surface area contributed by atoms with Crippen LogP contribution >= 0.6 is 22.9 Å². The number of Topliss-reactive ketones (excluding diaryl/α,β-unsaturated/α-hetero) is 1. The fourth-order valence-corrected chi connectivity index (χ4v) is 3.55. The number of nitrogens with zero attached hydrogens (tertiary/aromatic N) is 3. The molecule has 5 nitrogen and oxygen atoms in total. The molecule has 3 rings (SSSR count). The minimum atomic E-state index is 0.0404. The van der Waals surface area contributed by atoms with Gasteiger partial charge in [-0.05, 0) is 23.6 Å². The lowest BCUT2D eigenvalue weighted by Crippen LogP contribution is -2.49. The summed E-state index contributed by atoms with van der Waals surface area (Å²) in [5.41, 5.74) is 0. The van der Waals surface area contributed by atoms with Gasteiger partial charge in [-0.1, -0.05) is 23.7 Å². The lowest BCUT2D eigenvalue weighted by Gasteiger charge is -2.35. The first-order valence-corrected chi connectivity index (χ1v) is 9.11. The van der Waals surface area contributed by atoms with E-state index in [0.717, 1.165) is 23.8 Å². The SMILES string of the molecule is O=C(CCC(=O)N1CCN(c2cccc(Cl)n2)CC1)c1cccs1. The molecule has 24 heavy (non-hydrogen) atoms. The molecule has 2 aromatic rings. The number of anilines is 1. The lowest BCUT2D eigenvalue weighted by molar-refractivity contribution is -0.131. The third kappa shape index (κ3) is 4.13. The third-order valence-electron chi connectivity index (χ3n) is 4.02. The van der Waals surface area contributed by atoms with E-state index in [-0.39, 0.29) is 24.5 Å². The first kappa shape index (κ1) is 16.9. The number of aromatic nitrogens is 1. The zero-order chi connectivity index (χ0) is 16.9. The summed E-state index contributed by atoms with van der Waals surface area (Å²) in [6.45, 7) is 2.72. The van der Waals surface area contributed by atoms with Gasteiger partial charge in [-0.3, -0.25) is 9.59 Å². The molecule has 1 saturated heterocycles. The number of hydrogen-bond acceptors (Lipinski definition) is 5. The Morgan fingerprint density at radius 3 is 2.54 bits per heavy atom. The van der Waals surface area contributed by atoms with E-state index in [1.165, 1.54) is 11.3 Å². The van der Waals surface area contributed by atoms with E-state index in [9.17, 15) is 9.59 Å². The summed E-state index contributed by atoms with van der Waals surface area (Å²) in [6.07, 6.45) is 0.543. The van der Waals surface area contributed by atoms with Gasteiger partial charge in [0.25, 0.3) is 0 Å². The van der Waals surface area contributed by atoms with Crippen LogP contribution in [0.15, 0.2) is 35.7 Å². The van der Waals surface area contributed by atoms with E-state index in [1.54, 1.807) is 12.1 Å². The number of thiophene rings is 1. The molecule has 1 fully saturated rings. The fourth-order valence-electron chi connectivity index (χ4n) is 2.70. The summed E-state index contributed by atoms with van der Waals surface area (Å²) in [5.74, 6) is 0.918. The molecule has 0 radical (unpaired) electrons.